The molecule has 0 bridgehead atoms. The second-order valence-corrected chi connectivity index (χ2v) is 7.46. The summed E-state index contributed by atoms with van der Waals surface area (Å²) in [6, 6.07) is 10.9. The van der Waals surface area contributed by atoms with Gasteiger partial charge < -0.3 is 20.1 Å². The monoisotopic (exact) mass is 460 g/mol. The van der Waals surface area contributed by atoms with E-state index in [1.165, 1.54) is 26.2 Å². The lowest BCUT2D eigenvalue weighted by atomic mass is 10.0. The number of alkyl halides is 2. The fourth-order valence-corrected chi connectivity index (χ4v) is 3.49. The van der Waals surface area contributed by atoms with Gasteiger partial charge in [0.15, 0.2) is 11.5 Å². The Hall–Kier alpha value is -3.69. The number of piperidine rings is 1. The normalized spacial score (nSPS) is 16.0. The van der Waals surface area contributed by atoms with Gasteiger partial charge in [0.1, 0.15) is 6.04 Å². The van der Waals surface area contributed by atoms with Crippen LogP contribution >= 0.6 is 0 Å². The highest BCUT2D eigenvalue weighted by atomic mass is 19.3. The molecule has 0 spiro atoms. The third-order valence-electron chi connectivity index (χ3n) is 5.01. The van der Waals surface area contributed by atoms with Crippen LogP contribution in [0.3, 0.4) is 0 Å². The molecule has 2 amide bonds. The van der Waals surface area contributed by atoms with E-state index in [2.05, 4.69) is 20.5 Å². The first-order valence-electron chi connectivity index (χ1n) is 10.5. The molecule has 10 heteroatoms. The van der Waals surface area contributed by atoms with Crippen molar-refractivity contribution in [2.45, 2.75) is 38.8 Å². The van der Waals surface area contributed by atoms with Crippen LogP contribution in [0, 0.1) is 0 Å². The zero-order valence-corrected chi connectivity index (χ0v) is 18.4. The van der Waals surface area contributed by atoms with Gasteiger partial charge in [-0.15, -0.1) is 0 Å². The van der Waals surface area contributed by atoms with Crippen LogP contribution < -0.4 is 20.1 Å². The van der Waals surface area contributed by atoms with Crippen molar-refractivity contribution >= 4 is 29.4 Å². The molecule has 2 aromatic rings. The van der Waals surface area contributed by atoms with Gasteiger partial charge in [-0.05, 0) is 67.3 Å². The van der Waals surface area contributed by atoms with Gasteiger partial charge in [-0.1, -0.05) is 0 Å². The van der Waals surface area contributed by atoms with Crippen LogP contribution in [-0.2, 0) is 9.59 Å². The van der Waals surface area contributed by atoms with Gasteiger partial charge in [-0.3, -0.25) is 14.6 Å². The Balaban J connectivity index is 1.67. The van der Waals surface area contributed by atoms with E-state index in [0.29, 0.717) is 29.9 Å². The first-order valence-corrected chi connectivity index (χ1v) is 10.5. The summed E-state index contributed by atoms with van der Waals surface area (Å²) in [5, 5.41) is 11.8. The number of hydrogen-bond donors (Lipinski definition) is 2. The number of carbonyl (C=O) groups excluding carboxylic acids is 2. The molecule has 1 unspecified atom stereocenters. The van der Waals surface area contributed by atoms with Crippen molar-refractivity contribution in [1.29, 1.82) is 0 Å². The minimum atomic E-state index is -2.95. The number of hydrogen-bond acceptors (Lipinski definition) is 6. The largest absolute Gasteiger partial charge is 0.493 e. The summed E-state index contributed by atoms with van der Waals surface area (Å²) in [7, 11) is 1.36. The first-order chi connectivity index (χ1) is 15.9. The average molecular weight is 460 g/mol. The summed E-state index contributed by atoms with van der Waals surface area (Å²) in [5.41, 5.74) is 1.87. The maximum atomic E-state index is 12.9. The second-order valence-electron chi connectivity index (χ2n) is 7.46. The minimum Gasteiger partial charge on any atom is -0.493 e. The Morgan fingerprint density at radius 1 is 1.09 bits per heavy atom. The minimum absolute atomic E-state index is 0.0654. The lowest BCUT2D eigenvalue weighted by Gasteiger charge is -2.32. The Morgan fingerprint density at radius 3 is 2.42 bits per heavy atom. The summed E-state index contributed by atoms with van der Waals surface area (Å²) in [6.07, 6.45) is 4.01. The number of rotatable bonds is 8. The number of carbonyl (C=O) groups is 2. The molecular weight excluding hydrogens is 434 g/mol. The SMILES string of the molecule is COc1cc(/C=N/N2CCCCC2C(=O)Nc2ccc(NC(C)=O)cc2)ccc1OC(F)F. The number of hydrazone groups is 1. The van der Waals surface area contributed by atoms with Crippen LogP contribution in [0.25, 0.3) is 0 Å². The zero-order chi connectivity index (χ0) is 23.8. The fourth-order valence-electron chi connectivity index (χ4n) is 3.49. The van der Waals surface area contributed by atoms with Crippen molar-refractivity contribution in [1.82, 2.24) is 5.01 Å². The maximum Gasteiger partial charge on any atom is 0.387 e. The molecule has 33 heavy (non-hydrogen) atoms. The molecule has 1 saturated heterocycles. The van der Waals surface area contributed by atoms with Gasteiger partial charge >= 0.3 is 6.61 Å². The van der Waals surface area contributed by atoms with E-state index >= 15 is 0 Å². The highest BCUT2D eigenvalue weighted by Gasteiger charge is 2.28. The molecule has 176 valence electrons. The Labute approximate surface area is 190 Å². The molecule has 1 atom stereocenters. The molecule has 3 rings (SSSR count). The van der Waals surface area contributed by atoms with Crippen molar-refractivity contribution in [2.24, 2.45) is 5.10 Å². The van der Waals surface area contributed by atoms with Gasteiger partial charge in [0.05, 0.1) is 13.3 Å². The number of anilines is 2. The van der Waals surface area contributed by atoms with Crippen molar-refractivity contribution in [3.8, 4) is 11.5 Å². The molecule has 1 aliphatic rings. The molecule has 0 aromatic heterocycles. The predicted molar refractivity (Wildman–Crippen MR) is 121 cm³/mol. The summed E-state index contributed by atoms with van der Waals surface area (Å²) >= 11 is 0. The first kappa shape index (κ1) is 24.0. The number of amides is 2. The van der Waals surface area contributed by atoms with Gasteiger partial charge in [0.25, 0.3) is 0 Å². The van der Waals surface area contributed by atoms with Gasteiger partial charge in [-0.2, -0.15) is 13.9 Å². The van der Waals surface area contributed by atoms with E-state index < -0.39 is 12.7 Å². The van der Waals surface area contributed by atoms with Crippen molar-refractivity contribution in [3.63, 3.8) is 0 Å². The molecule has 1 fully saturated rings. The molecule has 0 radical (unpaired) electrons. The topological polar surface area (TPSA) is 92.3 Å². The van der Waals surface area contributed by atoms with Crippen LogP contribution in [0.5, 0.6) is 11.5 Å². The quantitative estimate of drug-likeness (QED) is 0.579. The third-order valence-corrected chi connectivity index (χ3v) is 5.01. The number of nitrogens with one attached hydrogen (secondary N) is 2. The van der Waals surface area contributed by atoms with Gasteiger partial charge in [0.2, 0.25) is 11.8 Å². The summed E-state index contributed by atoms with van der Waals surface area (Å²) < 4.78 is 34.6. The van der Waals surface area contributed by atoms with E-state index in [0.717, 1.165) is 12.8 Å². The van der Waals surface area contributed by atoms with Crippen LogP contribution in [0.15, 0.2) is 47.6 Å². The van der Waals surface area contributed by atoms with Crippen molar-refractivity contribution in [3.05, 3.63) is 48.0 Å². The van der Waals surface area contributed by atoms with Crippen LogP contribution in [0.1, 0.15) is 31.7 Å². The standard InChI is InChI=1S/C23H26F2N4O4/c1-15(30)27-17-7-9-18(10-8-17)28-22(31)19-5-3-4-12-29(19)26-14-16-6-11-20(33-23(24)25)21(13-16)32-2/h6-11,13-14,19,23H,3-5,12H2,1-2H3,(H,27,30)(H,28,31)/b26-14+. The van der Waals surface area contributed by atoms with E-state index in [4.69, 9.17) is 4.74 Å². The molecule has 2 aromatic carbocycles. The lowest BCUT2D eigenvalue weighted by molar-refractivity contribution is -0.122. The number of halogens is 2. The maximum absolute atomic E-state index is 12.9. The molecule has 0 saturated carbocycles. The summed E-state index contributed by atoms with van der Waals surface area (Å²) in [5.74, 6) is -0.256. The molecule has 8 nitrogen and oxygen atoms in total. The average Bonchev–Trinajstić information content (AvgIpc) is 2.79. The highest BCUT2D eigenvalue weighted by Crippen LogP contribution is 2.29. The van der Waals surface area contributed by atoms with E-state index in [1.807, 2.05) is 0 Å². The fraction of sp³-hybridized carbons (Fsp3) is 0.348. The lowest BCUT2D eigenvalue weighted by Crippen LogP contribution is -2.44. The van der Waals surface area contributed by atoms with E-state index in [1.54, 1.807) is 41.6 Å². The predicted octanol–water partition coefficient (Wildman–Crippen LogP) is 4.08. The van der Waals surface area contributed by atoms with E-state index in [9.17, 15) is 18.4 Å². The Morgan fingerprint density at radius 2 is 1.79 bits per heavy atom. The van der Waals surface area contributed by atoms with Crippen molar-refractivity contribution in [2.75, 3.05) is 24.3 Å². The van der Waals surface area contributed by atoms with Crippen LogP contribution in [0.2, 0.25) is 0 Å². The summed E-state index contributed by atoms with van der Waals surface area (Å²) in [6.45, 7) is -0.914. The molecule has 1 heterocycles. The molecule has 0 aliphatic carbocycles. The molecule has 1 aliphatic heterocycles. The Bertz CT molecular complexity index is 998. The Kier molecular flexibility index (Phi) is 8.17. The second kappa shape index (κ2) is 11.3. The third kappa shape index (κ3) is 6.90. The number of nitrogens with zero attached hydrogens (tertiary/aromatic N) is 2. The van der Waals surface area contributed by atoms with Crippen LogP contribution in [-0.4, -0.2) is 49.3 Å². The van der Waals surface area contributed by atoms with Gasteiger partial charge in [0, 0.05) is 24.8 Å². The van der Waals surface area contributed by atoms with Crippen LogP contribution in [0.4, 0.5) is 20.2 Å². The molecular formula is C23H26F2N4O4. The highest BCUT2D eigenvalue weighted by molar-refractivity contribution is 5.95. The number of ether oxygens (including phenoxy) is 2. The van der Waals surface area contributed by atoms with Crippen molar-refractivity contribution < 1.29 is 27.8 Å². The zero-order valence-electron chi connectivity index (χ0n) is 18.4. The smallest absolute Gasteiger partial charge is 0.387 e. The number of methoxy groups -OCH3 is 1. The summed E-state index contributed by atoms with van der Waals surface area (Å²) in [4.78, 5) is 24.0. The van der Waals surface area contributed by atoms with Gasteiger partial charge in [-0.25, -0.2) is 0 Å². The number of benzene rings is 2. The van der Waals surface area contributed by atoms with E-state index in [-0.39, 0.29) is 23.3 Å². The molecule has 2 N–H and O–H groups in total.